The standard InChI is InChI=1S/3C18H19NOS.C2H6O/c3*1-19-12-11-17(18-10-5-13-21-18)20-16-9-4-7-14-6-2-3-8-15(14)16;1-3-2/h3*2-10,13,17,19H,11-12H2,1H3;1-2H3/t3*17-;/m000./s1. The van der Waals surface area contributed by atoms with Crippen molar-refractivity contribution in [2.75, 3.05) is 55.0 Å². The molecule has 66 heavy (non-hydrogen) atoms. The minimum Gasteiger partial charge on any atom is -0.484 e. The second-order valence-electron chi connectivity index (χ2n) is 15.4. The van der Waals surface area contributed by atoms with Crippen LogP contribution in [0.4, 0.5) is 0 Å². The first-order chi connectivity index (χ1) is 32.6. The van der Waals surface area contributed by atoms with Gasteiger partial charge in [0.2, 0.25) is 0 Å². The van der Waals surface area contributed by atoms with Gasteiger partial charge < -0.3 is 34.9 Å². The molecule has 0 radical (unpaired) electrons. The van der Waals surface area contributed by atoms with Crippen molar-refractivity contribution in [2.45, 2.75) is 37.6 Å². The van der Waals surface area contributed by atoms with Crippen molar-refractivity contribution < 1.29 is 18.9 Å². The Hall–Kier alpha value is -5.56. The normalized spacial score (nSPS) is 12.1. The van der Waals surface area contributed by atoms with E-state index in [9.17, 15) is 0 Å². The molecule has 0 aliphatic heterocycles. The maximum Gasteiger partial charge on any atom is 0.134 e. The molecule has 0 amide bonds. The first kappa shape index (κ1) is 49.9. The molecule has 9 rings (SSSR count). The van der Waals surface area contributed by atoms with Crippen molar-refractivity contribution in [3.8, 4) is 17.2 Å². The molecule has 0 saturated carbocycles. The van der Waals surface area contributed by atoms with E-state index >= 15 is 0 Å². The lowest BCUT2D eigenvalue weighted by Gasteiger charge is -2.19. The van der Waals surface area contributed by atoms with E-state index in [4.69, 9.17) is 14.2 Å². The van der Waals surface area contributed by atoms with Crippen molar-refractivity contribution in [1.82, 2.24) is 16.0 Å². The zero-order valence-corrected chi connectivity index (χ0v) is 41.1. The number of rotatable bonds is 18. The molecule has 0 fully saturated rings. The molecule has 3 N–H and O–H groups in total. The molecular formula is C56H63N3O4S3. The highest BCUT2D eigenvalue weighted by Gasteiger charge is 2.18. The van der Waals surface area contributed by atoms with Gasteiger partial charge in [0, 0.05) is 64.3 Å². The largest absolute Gasteiger partial charge is 0.484 e. The SMILES string of the molecule is CNCC[C@H](Oc1cccc2ccccc12)c1cccs1.CNCC[C@H](Oc1cccc2ccccc12)c1cccs1.CNCC[C@H](Oc1cccc2ccccc12)c1cccs1.COC. The molecule has 0 unspecified atom stereocenters. The first-order valence-electron chi connectivity index (χ1n) is 22.4. The summed E-state index contributed by atoms with van der Waals surface area (Å²) in [4.78, 5) is 3.83. The van der Waals surface area contributed by atoms with Crippen LogP contribution in [0.1, 0.15) is 52.2 Å². The van der Waals surface area contributed by atoms with Crippen LogP contribution in [0, 0.1) is 0 Å². The Morgan fingerprint density at radius 1 is 0.364 bits per heavy atom. The Labute approximate surface area is 403 Å². The fourth-order valence-corrected chi connectivity index (χ4v) is 9.75. The van der Waals surface area contributed by atoms with Crippen molar-refractivity contribution in [3.05, 3.63) is 195 Å². The summed E-state index contributed by atoms with van der Waals surface area (Å²) >= 11 is 5.26. The molecule has 0 bridgehead atoms. The number of ether oxygens (including phenoxy) is 4. The summed E-state index contributed by atoms with van der Waals surface area (Å²) < 4.78 is 23.3. The molecule has 3 atom stereocenters. The number of methoxy groups -OCH3 is 1. The van der Waals surface area contributed by atoms with Gasteiger partial charge in [0.25, 0.3) is 0 Å². The fraction of sp³-hybridized carbons (Fsp3) is 0.250. The van der Waals surface area contributed by atoms with Crippen LogP contribution in [0.5, 0.6) is 17.2 Å². The number of benzene rings is 6. The Bertz CT molecular complexity index is 2380. The number of nitrogens with one attached hydrogen (secondary N) is 3. The van der Waals surface area contributed by atoms with Crippen LogP contribution in [0.2, 0.25) is 0 Å². The predicted molar refractivity (Wildman–Crippen MR) is 283 cm³/mol. The van der Waals surface area contributed by atoms with Gasteiger partial charge in [-0.15, -0.1) is 34.0 Å². The summed E-state index contributed by atoms with van der Waals surface area (Å²) in [5.74, 6) is 2.88. The highest BCUT2D eigenvalue weighted by atomic mass is 32.1. The Morgan fingerprint density at radius 2 is 0.636 bits per heavy atom. The third-order valence-corrected chi connectivity index (χ3v) is 13.5. The van der Waals surface area contributed by atoms with E-state index in [1.54, 1.807) is 48.2 Å². The smallest absolute Gasteiger partial charge is 0.134 e. The third kappa shape index (κ3) is 14.7. The van der Waals surface area contributed by atoms with Crippen molar-refractivity contribution in [1.29, 1.82) is 0 Å². The van der Waals surface area contributed by atoms with E-state index < -0.39 is 0 Å². The highest BCUT2D eigenvalue weighted by Crippen LogP contribution is 2.35. The van der Waals surface area contributed by atoms with Gasteiger partial charge in [0.05, 0.1) is 0 Å². The molecule has 0 aliphatic carbocycles. The van der Waals surface area contributed by atoms with Crippen LogP contribution in [-0.4, -0.2) is 55.0 Å². The van der Waals surface area contributed by atoms with Crippen LogP contribution in [-0.2, 0) is 4.74 Å². The predicted octanol–water partition coefficient (Wildman–Crippen LogP) is 14.2. The van der Waals surface area contributed by atoms with Gasteiger partial charge >= 0.3 is 0 Å². The summed E-state index contributed by atoms with van der Waals surface area (Å²) in [6.07, 6.45) is 3.18. The Balaban J connectivity index is 0.000000159. The van der Waals surface area contributed by atoms with E-state index in [1.165, 1.54) is 46.9 Å². The molecule has 0 saturated heterocycles. The second-order valence-corrected chi connectivity index (χ2v) is 18.3. The number of hydrogen-bond donors (Lipinski definition) is 3. The minimum absolute atomic E-state index is 0.100. The van der Waals surface area contributed by atoms with Crippen molar-refractivity contribution in [3.63, 3.8) is 0 Å². The summed E-state index contributed by atoms with van der Waals surface area (Å²) in [6.45, 7) is 2.81. The van der Waals surface area contributed by atoms with Crippen molar-refractivity contribution >= 4 is 66.3 Å². The van der Waals surface area contributed by atoms with Crippen LogP contribution in [0.25, 0.3) is 32.3 Å². The van der Waals surface area contributed by atoms with Crippen LogP contribution in [0.3, 0.4) is 0 Å². The fourth-order valence-electron chi connectivity index (χ4n) is 7.38. The molecule has 3 aromatic heterocycles. The molecule has 7 nitrogen and oxygen atoms in total. The summed E-state index contributed by atoms with van der Waals surface area (Å²) in [7, 11) is 9.18. The Morgan fingerprint density at radius 3 is 0.894 bits per heavy atom. The molecule has 0 spiro atoms. The second kappa shape index (κ2) is 27.8. The van der Waals surface area contributed by atoms with E-state index in [1.807, 2.05) is 21.1 Å². The molecule has 0 aliphatic rings. The molecule has 3 heterocycles. The van der Waals surface area contributed by atoms with E-state index in [2.05, 4.69) is 201 Å². The average molecular weight is 938 g/mol. The molecule has 6 aromatic carbocycles. The average Bonchev–Trinajstić information content (AvgIpc) is 4.21. The summed E-state index contributed by atoms with van der Waals surface area (Å²) in [5.41, 5.74) is 0. The van der Waals surface area contributed by atoms with Gasteiger partial charge in [-0.05, 0) is 109 Å². The topological polar surface area (TPSA) is 73.0 Å². The zero-order valence-electron chi connectivity index (χ0n) is 38.7. The zero-order chi connectivity index (χ0) is 46.2. The van der Waals surface area contributed by atoms with Crippen LogP contribution in [0.15, 0.2) is 180 Å². The van der Waals surface area contributed by atoms with Gasteiger partial charge in [-0.25, -0.2) is 0 Å². The van der Waals surface area contributed by atoms with Gasteiger partial charge in [-0.2, -0.15) is 0 Å². The van der Waals surface area contributed by atoms with Gasteiger partial charge in [0.1, 0.15) is 35.6 Å². The monoisotopic (exact) mass is 937 g/mol. The molecule has 344 valence electrons. The molecule has 9 aromatic rings. The maximum absolute atomic E-state index is 6.34. The summed E-state index contributed by atoms with van der Waals surface area (Å²) in [5, 5.41) is 23.1. The highest BCUT2D eigenvalue weighted by molar-refractivity contribution is 7.10. The quantitative estimate of drug-likeness (QED) is 0.0791. The lowest BCUT2D eigenvalue weighted by molar-refractivity contribution is 0.201. The van der Waals surface area contributed by atoms with Gasteiger partial charge in [0.15, 0.2) is 0 Å². The third-order valence-electron chi connectivity index (χ3n) is 10.6. The number of hydrogen-bond acceptors (Lipinski definition) is 10. The minimum atomic E-state index is 0.100. The lowest BCUT2D eigenvalue weighted by atomic mass is 10.1. The summed E-state index contributed by atoms with van der Waals surface area (Å²) in [6, 6.07) is 56.5. The first-order valence-corrected chi connectivity index (χ1v) is 25.1. The van der Waals surface area contributed by atoms with Crippen LogP contribution >= 0.6 is 34.0 Å². The van der Waals surface area contributed by atoms with E-state index in [0.717, 1.165) is 56.1 Å². The van der Waals surface area contributed by atoms with Gasteiger partial charge in [-0.3, -0.25) is 0 Å². The number of thiophene rings is 3. The Kier molecular flexibility index (Phi) is 21.0. The van der Waals surface area contributed by atoms with Crippen molar-refractivity contribution in [2.24, 2.45) is 0 Å². The van der Waals surface area contributed by atoms with Crippen LogP contribution < -0.4 is 30.2 Å². The number of fused-ring (bicyclic) bond motifs is 3. The molecule has 10 heteroatoms. The van der Waals surface area contributed by atoms with E-state index in [-0.39, 0.29) is 18.3 Å². The lowest BCUT2D eigenvalue weighted by Crippen LogP contribution is -2.15. The van der Waals surface area contributed by atoms with Gasteiger partial charge in [-0.1, -0.05) is 127 Å². The maximum atomic E-state index is 6.34. The molecular weight excluding hydrogens is 875 g/mol. The van der Waals surface area contributed by atoms with E-state index in [0.29, 0.717) is 0 Å².